The van der Waals surface area contributed by atoms with E-state index in [1.165, 1.54) is 0 Å². The zero-order chi connectivity index (χ0) is 20.1. The van der Waals surface area contributed by atoms with E-state index in [0.29, 0.717) is 22.4 Å². The van der Waals surface area contributed by atoms with Gasteiger partial charge in [-0.2, -0.15) is 10.5 Å². The molecule has 0 amide bonds. The van der Waals surface area contributed by atoms with Gasteiger partial charge in [0.2, 0.25) is 0 Å². The summed E-state index contributed by atoms with van der Waals surface area (Å²) in [4.78, 5) is 31.6. The van der Waals surface area contributed by atoms with Gasteiger partial charge in [-0.3, -0.25) is 9.59 Å². The van der Waals surface area contributed by atoms with Gasteiger partial charge >= 0.3 is 0 Å². The molecule has 0 aliphatic carbocycles. The summed E-state index contributed by atoms with van der Waals surface area (Å²) in [5.74, 6) is -0.0907. The molecule has 0 radical (unpaired) electrons. The molecule has 3 aromatic rings. The van der Waals surface area contributed by atoms with E-state index in [4.69, 9.17) is 5.26 Å². The fourth-order valence-electron chi connectivity index (χ4n) is 2.49. The highest BCUT2D eigenvalue weighted by Crippen LogP contribution is 2.23. The quantitative estimate of drug-likeness (QED) is 0.408. The van der Waals surface area contributed by atoms with E-state index in [1.807, 2.05) is 31.2 Å². The van der Waals surface area contributed by atoms with E-state index < -0.39 is 5.56 Å². The van der Waals surface area contributed by atoms with Gasteiger partial charge in [0.15, 0.2) is 10.9 Å². The number of aryl methyl sites for hydroxylation is 1. The van der Waals surface area contributed by atoms with Gasteiger partial charge in [0.25, 0.3) is 5.56 Å². The van der Waals surface area contributed by atoms with Gasteiger partial charge in [-0.25, -0.2) is 4.98 Å². The Labute approximate surface area is 165 Å². The summed E-state index contributed by atoms with van der Waals surface area (Å²) in [5, 5.41) is 18.4. The minimum atomic E-state index is -0.540. The van der Waals surface area contributed by atoms with Gasteiger partial charge in [0, 0.05) is 11.1 Å². The molecule has 136 valence electrons. The van der Waals surface area contributed by atoms with E-state index in [2.05, 4.69) is 9.97 Å². The maximum Gasteiger partial charge on any atom is 0.270 e. The number of carbonyl (C=O) groups is 1. The smallest absolute Gasteiger partial charge is 0.270 e. The van der Waals surface area contributed by atoms with Crippen LogP contribution in [0.1, 0.15) is 27.0 Å². The second-order valence-corrected chi connectivity index (χ2v) is 6.94. The lowest BCUT2D eigenvalue weighted by atomic mass is 10.1. The molecule has 7 heteroatoms. The van der Waals surface area contributed by atoms with Crippen LogP contribution in [-0.4, -0.2) is 21.5 Å². The second-order valence-electron chi connectivity index (χ2n) is 5.97. The molecular weight excluding hydrogens is 372 g/mol. The molecule has 0 atom stereocenters. The van der Waals surface area contributed by atoms with Crippen LogP contribution in [0.4, 0.5) is 0 Å². The fourth-order valence-corrected chi connectivity index (χ4v) is 3.25. The Morgan fingerprint density at radius 3 is 2.36 bits per heavy atom. The number of rotatable bonds is 5. The van der Waals surface area contributed by atoms with Gasteiger partial charge in [-0.05, 0) is 19.1 Å². The van der Waals surface area contributed by atoms with Crippen LogP contribution in [0.15, 0.2) is 58.5 Å². The minimum absolute atomic E-state index is 0.0633. The number of Topliss-reactive ketones (excluding diaryl/α,β-unsaturated/α-hetero) is 1. The number of ketones is 1. The summed E-state index contributed by atoms with van der Waals surface area (Å²) in [6, 6.07) is 17.6. The molecule has 6 nitrogen and oxygen atoms in total. The van der Waals surface area contributed by atoms with Crippen molar-refractivity contribution in [1.29, 1.82) is 10.5 Å². The lowest BCUT2D eigenvalue weighted by Gasteiger charge is -2.07. The summed E-state index contributed by atoms with van der Waals surface area (Å²) >= 11 is 1.09. The maximum atomic E-state index is 12.3. The molecule has 0 unspecified atom stereocenters. The van der Waals surface area contributed by atoms with Crippen LogP contribution in [-0.2, 0) is 0 Å². The molecule has 1 heterocycles. The zero-order valence-electron chi connectivity index (χ0n) is 14.9. The predicted molar refractivity (Wildman–Crippen MR) is 106 cm³/mol. The molecule has 0 aliphatic rings. The first-order valence-corrected chi connectivity index (χ1v) is 9.28. The number of carbonyl (C=O) groups excluding carboxylic acids is 1. The predicted octanol–water partition coefficient (Wildman–Crippen LogP) is 3.46. The number of benzene rings is 2. The zero-order valence-corrected chi connectivity index (χ0v) is 15.7. The van der Waals surface area contributed by atoms with E-state index in [-0.39, 0.29) is 22.3 Å². The molecule has 0 bridgehead atoms. The first kappa shape index (κ1) is 19.1. The third kappa shape index (κ3) is 4.17. The summed E-state index contributed by atoms with van der Waals surface area (Å²) in [6.45, 7) is 1.94. The van der Waals surface area contributed by atoms with E-state index in [9.17, 15) is 14.9 Å². The highest BCUT2D eigenvalue weighted by molar-refractivity contribution is 7.99. The number of hydrogen-bond acceptors (Lipinski definition) is 6. The molecule has 3 rings (SSSR count). The number of nitrogens with one attached hydrogen (secondary N) is 1. The molecule has 1 aromatic heterocycles. The van der Waals surface area contributed by atoms with Crippen molar-refractivity contribution >= 4 is 17.5 Å². The van der Waals surface area contributed by atoms with Crippen molar-refractivity contribution in [3.63, 3.8) is 0 Å². The van der Waals surface area contributed by atoms with Gasteiger partial charge in [0.05, 0.1) is 23.1 Å². The normalized spacial score (nSPS) is 10.1. The fraction of sp³-hybridized carbons (Fsp3) is 0.0952. The molecule has 0 saturated carbocycles. The third-order valence-electron chi connectivity index (χ3n) is 4.01. The van der Waals surface area contributed by atoms with Crippen molar-refractivity contribution in [2.75, 3.05) is 5.75 Å². The van der Waals surface area contributed by atoms with Crippen molar-refractivity contribution < 1.29 is 4.79 Å². The average molecular weight is 386 g/mol. The molecule has 28 heavy (non-hydrogen) atoms. The number of hydrogen-bond donors (Lipinski definition) is 1. The van der Waals surface area contributed by atoms with Gasteiger partial charge in [0.1, 0.15) is 11.6 Å². The van der Waals surface area contributed by atoms with Crippen LogP contribution in [0.3, 0.4) is 0 Å². The molecule has 0 fully saturated rings. The van der Waals surface area contributed by atoms with E-state index >= 15 is 0 Å². The van der Waals surface area contributed by atoms with E-state index in [1.54, 1.807) is 36.4 Å². The molecular formula is C21H14N4O2S. The molecule has 1 N–H and O–H groups in total. The third-order valence-corrected chi connectivity index (χ3v) is 4.88. The standard InChI is InChI=1S/C21H14N4O2S/c1-13-2-6-16(7-3-13)19-17(11-23)20(27)25-21(24-19)28-12-18(26)15-8-4-14(10-22)5-9-15/h2-9H,12H2,1H3,(H,24,25,27). The summed E-state index contributed by atoms with van der Waals surface area (Å²) < 4.78 is 0. The van der Waals surface area contributed by atoms with Crippen LogP contribution >= 0.6 is 11.8 Å². The summed E-state index contributed by atoms with van der Waals surface area (Å²) in [6.07, 6.45) is 0. The number of H-pyrrole nitrogens is 1. The minimum Gasteiger partial charge on any atom is -0.300 e. The van der Waals surface area contributed by atoms with Gasteiger partial charge in [-0.15, -0.1) is 0 Å². The van der Waals surface area contributed by atoms with Crippen LogP contribution < -0.4 is 5.56 Å². The Hall–Kier alpha value is -3.68. The van der Waals surface area contributed by atoms with Gasteiger partial charge < -0.3 is 4.98 Å². The summed E-state index contributed by atoms with van der Waals surface area (Å²) in [5.41, 5.74) is 2.35. The van der Waals surface area contributed by atoms with E-state index in [0.717, 1.165) is 17.3 Å². The average Bonchev–Trinajstić information content (AvgIpc) is 2.72. The lowest BCUT2D eigenvalue weighted by Crippen LogP contribution is -2.15. The highest BCUT2D eigenvalue weighted by atomic mass is 32.2. The van der Waals surface area contributed by atoms with Gasteiger partial charge in [-0.1, -0.05) is 53.7 Å². The molecule has 0 spiro atoms. The van der Waals surface area contributed by atoms with Crippen molar-refractivity contribution in [1.82, 2.24) is 9.97 Å². The van der Waals surface area contributed by atoms with Crippen LogP contribution in [0.25, 0.3) is 11.3 Å². The Balaban J connectivity index is 1.85. The molecule has 0 saturated heterocycles. The number of nitriles is 2. The second kappa shape index (κ2) is 8.34. The van der Waals surface area contributed by atoms with Crippen molar-refractivity contribution in [2.24, 2.45) is 0 Å². The first-order valence-electron chi connectivity index (χ1n) is 8.29. The number of aromatic amines is 1. The number of thioether (sulfide) groups is 1. The largest absolute Gasteiger partial charge is 0.300 e. The SMILES string of the molecule is Cc1ccc(-c2nc(SCC(=O)c3ccc(C#N)cc3)[nH]c(=O)c2C#N)cc1. The Morgan fingerprint density at radius 2 is 1.75 bits per heavy atom. The lowest BCUT2D eigenvalue weighted by molar-refractivity contribution is 0.102. The van der Waals surface area contributed by atoms with Crippen molar-refractivity contribution in [3.8, 4) is 23.4 Å². The monoisotopic (exact) mass is 386 g/mol. The molecule has 2 aromatic carbocycles. The highest BCUT2D eigenvalue weighted by Gasteiger charge is 2.15. The van der Waals surface area contributed by atoms with Crippen LogP contribution in [0.2, 0.25) is 0 Å². The number of aromatic nitrogens is 2. The Kier molecular flexibility index (Phi) is 5.69. The van der Waals surface area contributed by atoms with Crippen molar-refractivity contribution in [3.05, 3.63) is 81.1 Å². The topological polar surface area (TPSA) is 110 Å². The summed E-state index contributed by atoms with van der Waals surface area (Å²) in [7, 11) is 0. The Bertz CT molecular complexity index is 1170. The molecule has 0 aliphatic heterocycles. The maximum absolute atomic E-state index is 12.3. The van der Waals surface area contributed by atoms with Crippen LogP contribution in [0, 0.1) is 29.6 Å². The Morgan fingerprint density at radius 1 is 1.07 bits per heavy atom. The number of nitrogens with zero attached hydrogens (tertiary/aromatic N) is 3. The first-order chi connectivity index (χ1) is 13.5. The van der Waals surface area contributed by atoms with Crippen LogP contribution in [0.5, 0.6) is 0 Å². The van der Waals surface area contributed by atoms with Crippen molar-refractivity contribution in [2.45, 2.75) is 12.1 Å².